The van der Waals surface area contributed by atoms with Gasteiger partial charge in [0, 0.05) is 38.8 Å². The van der Waals surface area contributed by atoms with E-state index in [0.29, 0.717) is 5.56 Å². The summed E-state index contributed by atoms with van der Waals surface area (Å²) in [5.74, 6) is -0.284. The maximum absolute atomic E-state index is 12.3. The first kappa shape index (κ1) is 16.4. The third kappa shape index (κ3) is 5.16. The molecule has 7 heteroatoms. The molecule has 0 saturated heterocycles. The van der Waals surface area contributed by atoms with Crippen LogP contribution in [0.3, 0.4) is 0 Å². The van der Waals surface area contributed by atoms with Crippen molar-refractivity contribution in [3.63, 3.8) is 0 Å². The Kier molecular flexibility index (Phi) is 5.94. The van der Waals surface area contributed by atoms with E-state index in [9.17, 15) is 13.2 Å². The minimum Gasteiger partial charge on any atom is -0.384 e. The molecular weight excluding hydrogens is 278 g/mol. The largest absolute Gasteiger partial charge is 0.384 e. The minimum absolute atomic E-state index is 0.0484. The molecule has 0 aromatic carbocycles. The fourth-order valence-corrected chi connectivity index (χ4v) is 2.19. The molecule has 1 rings (SSSR count). The van der Waals surface area contributed by atoms with Gasteiger partial charge in [-0.25, -0.2) is 8.42 Å². The maximum atomic E-state index is 12.3. The molecule has 112 valence electrons. The van der Waals surface area contributed by atoms with E-state index in [0.717, 1.165) is 24.9 Å². The molecule has 1 amide bonds. The van der Waals surface area contributed by atoms with Gasteiger partial charge < -0.3 is 10.2 Å². The van der Waals surface area contributed by atoms with Gasteiger partial charge in [-0.2, -0.15) is 0 Å². The highest BCUT2D eigenvalue weighted by molar-refractivity contribution is 7.90. The van der Waals surface area contributed by atoms with Gasteiger partial charge in [-0.1, -0.05) is 6.92 Å². The Labute approximate surface area is 120 Å². The van der Waals surface area contributed by atoms with E-state index < -0.39 is 9.84 Å². The summed E-state index contributed by atoms with van der Waals surface area (Å²) >= 11 is 0. The summed E-state index contributed by atoms with van der Waals surface area (Å²) in [6.07, 6.45) is 5.21. The Morgan fingerprint density at radius 1 is 1.45 bits per heavy atom. The van der Waals surface area contributed by atoms with E-state index in [1.165, 1.54) is 11.1 Å². The molecule has 0 bridgehead atoms. The molecule has 1 aromatic heterocycles. The summed E-state index contributed by atoms with van der Waals surface area (Å²) in [6.45, 7) is 2.96. The first-order valence-corrected chi connectivity index (χ1v) is 8.52. The summed E-state index contributed by atoms with van der Waals surface area (Å²) in [4.78, 5) is 17.7. The van der Waals surface area contributed by atoms with Crippen LogP contribution in [0, 0.1) is 0 Å². The molecule has 0 aliphatic carbocycles. The monoisotopic (exact) mass is 299 g/mol. The molecule has 0 atom stereocenters. The number of anilines is 1. The zero-order chi connectivity index (χ0) is 15.2. The SMILES string of the molecule is CCCNc1ccncc1C(=O)N(C)CCS(C)(=O)=O. The Morgan fingerprint density at radius 2 is 2.15 bits per heavy atom. The molecule has 0 radical (unpaired) electrons. The van der Waals surface area contributed by atoms with Crippen LogP contribution in [0.2, 0.25) is 0 Å². The molecule has 6 nitrogen and oxygen atoms in total. The predicted molar refractivity (Wildman–Crippen MR) is 79.7 cm³/mol. The topological polar surface area (TPSA) is 79.4 Å². The van der Waals surface area contributed by atoms with Crippen LogP contribution in [-0.4, -0.2) is 56.4 Å². The Balaban J connectivity index is 2.80. The van der Waals surface area contributed by atoms with Gasteiger partial charge in [0.25, 0.3) is 5.91 Å². The fraction of sp³-hybridized carbons (Fsp3) is 0.538. The van der Waals surface area contributed by atoms with Crippen LogP contribution in [-0.2, 0) is 9.84 Å². The lowest BCUT2D eigenvalue weighted by Crippen LogP contribution is -2.32. The number of carbonyl (C=O) groups is 1. The van der Waals surface area contributed by atoms with Gasteiger partial charge in [0.2, 0.25) is 0 Å². The van der Waals surface area contributed by atoms with Crippen molar-refractivity contribution in [3.05, 3.63) is 24.0 Å². The maximum Gasteiger partial charge on any atom is 0.257 e. The van der Waals surface area contributed by atoms with Crippen molar-refractivity contribution in [2.75, 3.05) is 37.5 Å². The fourth-order valence-electron chi connectivity index (χ4n) is 1.59. The minimum atomic E-state index is -3.08. The number of nitrogens with one attached hydrogen (secondary N) is 1. The Bertz CT molecular complexity index is 558. The molecule has 0 aliphatic rings. The number of hydrogen-bond acceptors (Lipinski definition) is 5. The number of rotatable bonds is 7. The van der Waals surface area contributed by atoms with E-state index in [-0.39, 0.29) is 18.2 Å². The number of nitrogens with zero attached hydrogens (tertiary/aromatic N) is 2. The lowest BCUT2D eigenvalue weighted by Gasteiger charge is -2.18. The van der Waals surface area contributed by atoms with Crippen molar-refractivity contribution >= 4 is 21.4 Å². The molecule has 1 N–H and O–H groups in total. The van der Waals surface area contributed by atoms with E-state index in [1.54, 1.807) is 19.3 Å². The van der Waals surface area contributed by atoms with Crippen LogP contribution in [0.15, 0.2) is 18.5 Å². The highest BCUT2D eigenvalue weighted by atomic mass is 32.2. The molecule has 0 spiro atoms. The number of amides is 1. The van der Waals surface area contributed by atoms with Crippen LogP contribution >= 0.6 is 0 Å². The molecule has 0 aliphatic heterocycles. The van der Waals surface area contributed by atoms with Gasteiger partial charge in [0.15, 0.2) is 0 Å². The second kappa shape index (κ2) is 7.23. The number of pyridine rings is 1. The van der Waals surface area contributed by atoms with Gasteiger partial charge in [-0.05, 0) is 12.5 Å². The normalized spacial score (nSPS) is 11.2. The van der Waals surface area contributed by atoms with E-state index in [1.807, 2.05) is 6.92 Å². The molecule has 0 saturated carbocycles. The number of carbonyl (C=O) groups excluding carboxylic acids is 1. The van der Waals surface area contributed by atoms with Crippen molar-refractivity contribution in [2.45, 2.75) is 13.3 Å². The highest BCUT2D eigenvalue weighted by Gasteiger charge is 2.17. The van der Waals surface area contributed by atoms with Crippen LogP contribution in [0.25, 0.3) is 0 Å². The lowest BCUT2D eigenvalue weighted by atomic mass is 10.2. The van der Waals surface area contributed by atoms with Crippen molar-refractivity contribution in [3.8, 4) is 0 Å². The van der Waals surface area contributed by atoms with Crippen LogP contribution in [0.4, 0.5) is 5.69 Å². The third-order valence-corrected chi connectivity index (χ3v) is 3.69. The smallest absolute Gasteiger partial charge is 0.257 e. The zero-order valence-electron chi connectivity index (χ0n) is 12.1. The first-order valence-electron chi connectivity index (χ1n) is 6.46. The number of sulfone groups is 1. The zero-order valence-corrected chi connectivity index (χ0v) is 12.9. The van der Waals surface area contributed by atoms with Crippen molar-refractivity contribution in [1.82, 2.24) is 9.88 Å². The van der Waals surface area contributed by atoms with Gasteiger partial charge in [0.1, 0.15) is 9.84 Å². The van der Waals surface area contributed by atoms with Gasteiger partial charge in [-0.3, -0.25) is 9.78 Å². The van der Waals surface area contributed by atoms with Crippen molar-refractivity contribution < 1.29 is 13.2 Å². The van der Waals surface area contributed by atoms with Gasteiger partial charge in [0.05, 0.1) is 17.0 Å². The molecule has 1 aromatic rings. The quantitative estimate of drug-likeness (QED) is 0.813. The summed E-state index contributed by atoms with van der Waals surface area (Å²) in [7, 11) is -1.50. The predicted octanol–water partition coefficient (Wildman–Crippen LogP) is 1.02. The van der Waals surface area contributed by atoms with Crippen LogP contribution in [0.1, 0.15) is 23.7 Å². The standard InChI is InChI=1S/C13H21N3O3S/c1-4-6-15-12-5-7-14-10-11(12)13(17)16(2)8-9-20(3,18)19/h5,7,10H,4,6,8-9H2,1-3H3,(H,14,15). The first-order chi connectivity index (χ1) is 9.35. The number of hydrogen-bond donors (Lipinski definition) is 1. The van der Waals surface area contributed by atoms with Crippen molar-refractivity contribution in [2.24, 2.45) is 0 Å². The molecule has 20 heavy (non-hydrogen) atoms. The average molecular weight is 299 g/mol. The van der Waals surface area contributed by atoms with E-state index >= 15 is 0 Å². The van der Waals surface area contributed by atoms with Crippen molar-refractivity contribution in [1.29, 1.82) is 0 Å². The summed E-state index contributed by atoms with van der Waals surface area (Å²) in [5, 5.41) is 3.17. The number of aromatic nitrogens is 1. The molecule has 0 unspecified atom stereocenters. The summed E-state index contributed by atoms with van der Waals surface area (Å²) in [6, 6.07) is 1.74. The van der Waals surface area contributed by atoms with Crippen LogP contribution < -0.4 is 5.32 Å². The molecular formula is C13H21N3O3S. The molecule has 0 fully saturated rings. The van der Waals surface area contributed by atoms with Crippen LogP contribution in [0.5, 0.6) is 0 Å². The second-order valence-electron chi connectivity index (χ2n) is 4.70. The second-order valence-corrected chi connectivity index (χ2v) is 6.96. The summed E-state index contributed by atoms with van der Waals surface area (Å²) in [5.41, 5.74) is 1.18. The van der Waals surface area contributed by atoms with E-state index in [4.69, 9.17) is 0 Å². The Morgan fingerprint density at radius 3 is 2.75 bits per heavy atom. The van der Waals surface area contributed by atoms with Gasteiger partial charge >= 0.3 is 0 Å². The lowest BCUT2D eigenvalue weighted by molar-refractivity contribution is 0.0804. The molecule has 1 heterocycles. The Hall–Kier alpha value is -1.63. The van der Waals surface area contributed by atoms with Gasteiger partial charge in [-0.15, -0.1) is 0 Å². The average Bonchev–Trinajstić information content (AvgIpc) is 2.41. The van der Waals surface area contributed by atoms with E-state index in [2.05, 4.69) is 10.3 Å². The summed E-state index contributed by atoms with van der Waals surface area (Å²) < 4.78 is 22.3. The highest BCUT2D eigenvalue weighted by Crippen LogP contribution is 2.15. The third-order valence-electron chi connectivity index (χ3n) is 2.76.